The van der Waals surface area contributed by atoms with E-state index in [-0.39, 0.29) is 11.6 Å². The zero-order valence-electron chi connectivity index (χ0n) is 12.3. The second kappa shape index (κ2) is 5.84. The summed E-state index contributed by atoms with van der Waals surface area (Å²) in [6.07, 6.45) is 5.79. The van der Waals surface area contributed by atoms with Crippen molar-refractivity contribution in [2.45, 2.75) is 49.7 Å². The first kappa shape index (κ1) is 14.1. The van der Waals surface area contributed by atoms with Crippen LogP contribution < -0.4 is 5.73 Å². The van der Waals surface area contributed by atoms with Crippen LogP contribution in [0.15, 0.2) is 24.3 Å². The van der Waals surface area contributed by atoms with Crippen LogP contribution in [0, 0.1) is 0 Å². The average Bonchev–Trinajstić information content (AvgIpc) is 2.46. The molecule has 0 aromatic heterocycles. The Kier molecular flexibility index (Phi) is 4.11. The lowest BCUT2D eigenvalue weighted by Gasteiger charge is -2.40. The summed E-state index contributed by atoms with van der Waals surface area (Å²) in [7, 11) is 1.77. The van der Waals surface area contributed by atoms with Crippen molar-refractivity contribution in [3.8, 4) is 0 Å². The maximum absolute atomic E-state index is 6.51. The van der Waals surface area contributed by atoms with E-state index in [1.54, 1.807) is 7.11 Å². The van der Waals surface area contributed by atoms with Gasteiger partial charge in [0.25, 0.3) is 0 Å². The molecule has 1 unspecified atom stereocenters. The molecule has 0 amide bonds. The predicted molar refractivity (Wildman–Crippen MR) is 79.8 cm³/mol. The van der Waals surface area contributed by atoms with Gasteiger partial charge >= 0.3 is 0 Å². The molecule has 3 heteroatoms. The van der Waals surface area contributed by atoms with E-state index in [0.717, 1.165) is 32.0 Å². The summed E-state index contributed by atoms with van der Waals surface area (Å²) >= 11 is 0. The number of rotatable bonds is 4. The van der Waals surface area contributed by atoms with Crippen molar-refractivity contribution in [2.75, 3.05) is 20.3 Å². The van der Waals surface area contributed by atoms with Crippen LogP contribution in [-0.2, 0) is 9.47 Å². The zero-order chi connectivity index (χ0) is 14.0. The van der Waals surface area contributed by atoms with Gasteiger partial charge in [0.05, 0.1) is 11.6 Å². The lowest BCUT2D eigenvalue weighted by molar-refractivity contribution is -0.105. The van der Waals surface area contributed by atoms with Gasteiger partial charge in [0.15, 0.2) is 0 Å². The van der Waals surface area contributed by atoms with Gasteiger partial charge in [-0.2, -0.15) is 0 Å². The van der Waals surface area contributed by atoms with Crippen LogP contribution in [0.2, 0.25) is 0 Å². The van der Waals surface area contributed by atoms with Crippen LogP contribution in [0.3, 0.4) is 0 Å². The van der Waals surface area contributed by atoms with Crippen molar-refractivity contribution in [2.24, 2.45) is 5.73 Å². The molecule has 1 saturated carbocycles. The second-order valence-electron chi connectivity index (χ2n) is 6.15. The molecule has 3 rings (SSSR count). The lowest BCUT2D eigenvalue weighted by Crippen LogP contribution is -2.47. The summed E-state index contributed by atoms with van der Waals surface area (Å²) in [6.45, 7) is 1.48. The van der Waals surface area contributed by atoms with Crippen LogP contribution in [0.5, 0.6) is 0 Å². The maximum Gasteiger partial charge on any atom is 0.0914 e. The van der Waals surface area contributed by atoms with Crippen LogP contribution in [0.25, 0.3) is 0 Å². The van der Waals surface area contributed by atoms with Crippen LogP contribution >= 0.6 is 0 Å². The molecule has 0 bridgehead atoms. The van der Waals surface area contributed by atoms with E-state index in [9.17, 15) is 0 Å². The smallest absolute Gasteiger partial charge is 0.0914 e. The monoisotopic (exact) mass is 275 g/mol. The summed E-state index contributed by atoms with van der Waals surface area (Å²) in [5.74, 6) is 0.778. The van der Waals surface area contributed by atoms with E-state index < -0.39 is 0 Å². The van der Waals surface area contributed by atoms with E-state index in [0.29, 0.717) is 0 Å². The second-order valence-corrected chi connectivity index (χ2v) is 6.15. The summed E-state index contributed by atoms with van der Waals surface area (Å²) in [4.78, 5) is 0. The molecule has 2 fully saturated rings. The molecule has 1 aliphatic carbocycles. The van der Waals surface area contributed by atoms with Gasteiger partial charge in [0.2, 0.25) is 0 Å². The first-order chi connectivity index (χ1) is 9.75. The molecule has 2 aliphatic rings. The molecule has 3 nitrogen and oxygen atoms in total. The van der Waals surface area contributed by atoms with Gasteiger partial charge in [-0.25, -0.2) is 0 Å². The molecule has 20 heavy (non-hydrogen) atoms. The van der Waals surface area contributed by atoms with E-state index in [4.69, 9.17) is 15.2 Å². The van der Waals surface area contributed by atoms with Gasteiger partial charge in [0.1, 0.15) is 0 Å². The fourth-order valence-electron chi connectivity index (χ4n) is 3.38. The van der Waals surface area contributed by atoms with Crippen molar-refractivity contribution in [1.82, 2.24) is 0 Å². The Hall–Kier alpha value is -0.900. The summed E-state index contributed by atoms with van der Waals surface area (Å²) in [6, 6.07) is 8.80. The van der Waals surface area contributed by atoms with Gasteiger partial charge in [-0.15, -0.1) is 0 Å². The topological polar surface area (TPSA) is 44.5 Å². The predicted octanol–water partition coefficient (Wildman–Crippen LogP) is 3.15. The first-order valence-corrected chi connectivity index (χ1v) is 7.73. The normalized spacial score (nSPS) is 24.1. The van der Waals surface area contributed by atoms with Crippen molar-refractivity contribution in [1.29, 1.82) is 0 Å². The van der Waals surface area contributed by atoms with Gasteiger partial charge < -0.3 is 15.2 Å². The molecule has 1 atom stereocenters. The first-order valence-electron chi connectivity index (χ1n) is 7.73. The number of benzene rings is 1. The molecule has 1 aromatic carbocycles. The van der Waals surface area contributed by atoms with Crippen LogP contribution in [0.4, 0.5) is 0 Å². The highest BCUT2D eigenvalue weighted by Gasteiger charge is 2.39. The Bertz CT molecular complexity index is 433. The SMILES string of the molecule is COC1(C(N)c2ccc(C3CCC3)cc2)CCOCC1. The third kappa shape index (κ3) is 2.50. The molecule has 1 aliphatic heterocycles. The summed E-state index contributed by atoms with van der Waals surface area (Å²) in [5, 5.41) is 0. The van der Waals surface area contributed by atoms with E-state index in [2.05, 4.69) is 24.3 Å². The summed E-state index contributed by atoms with van der Waals surface area (Å²) in [5.41, 5.74) is 8.88. The third-order valence-electron chi connectivity index (χ3n) is 5.18. The number of nitrogens with two attached hydrogens (primary N) is 1. The van der Waals surface area contributed by atoms with E-state index in [1.165, 1.54) is 30.4 Å². The minimum absolute atomic E-state index is 0.0770. The van der Waals surface area contributed by atoms with Crippen molar-refractivity contribution < 1.29 is 9.47 Å². The molecular weight excluding hydrogens is 250 g/mol. The minimum Gasteiger partial charge on any atom is -0.381 e. The third-order valence-corrected chi connectivity index (χ3v) is 5.18. The number of hydrogen-bond donors (Lipinski definition) is 1. The zero-order valence-corrected chi connectivity index (χ0v) is 12.3. The quantitative estimate of drug-likeness (QED) is 0.918. The Morgan fingerprint density at radius 3 is 2.35 bits per heavy atom. The summed E-state index contributed by atoms with van der Waals surface area (Å²) < 4.78 is 11.2. The molecule has 0 spiro atoms. The number of hydrogen-bond acceptors (Lipinski definition) is 3. The molecule has 1 aromatic rings. The van der Waals surface area contributed by atoms with Gasteiger partial charge in [-0.1, -0.05) is 30.7 Å². The fourth-order valence-corrected chi connectivity index (χ4v) is 3.38. The van der Waals surface area contributed by atoms with Gasteiger partial charge in [-0.05, 0) is 29.9 Å². The van der Waals surface area contributed by atoms with Crippen molar-refractivity contribution in [3.05, 3.63) is 35.4 Å². The molecule has 1 saturated heterocycles. The maximum atomic E-state index is 6.51. The van der Waals surface area contributed by atoms with E-state index in [1.807, 2.05) is 0 Å². The number of ether oxygens (including phenoxy) is 2. The van der Waals surface area contributed by atoms with Gasteiger partial charge in [0, 0.05) is 33.2 Å². The van der Waals surface area contributed by atoms with Crippen molar-refractivity contribution in [3.63, 3.8) is 0 Å². The molecular formula is C17H25NO2. The minimum atomic E-state index is -0.268. The fraction of sp³-hybridized carbons (Fsp3) is 0.647. The molecule has 110 valence electrons. The molecule has 0 radical (unpaired) electrons. The van der Waals surface area contributed by atoms with Crippen molar-refractivity contribution >= 4 is 0 Å². The Balaban J connectivity index is 1.76. The highest BCUT2D eigenvalue weighted by atomic mass is 16.5. The van der Waals surface area contributed by atoms with Crippen LogP contribution in [-0.4, -0.2) is 25.9 Å². The van der Waals surface area contributed by atoms with E-state index >= 15 is 0 Å². The highest BCUT2D eigenvalue weighted by molar-refractivity contribution is 5.30. The Labute approximate surface area is 121 Å². The Morgan fingerprint density at radius 2 is 1.85 bits per heavy atom. The Morgan fingerprint density at radius 1 is 1.20 bits per heavy atom. The lowest BCUT2D eigenvalue weighted by atomic mass is 9.78. The van der Waals surface area contributed by atoms with Gasteiger partial charge in [-0.3, -0.25) is 0 Å². The largest absolute Gasteiger partial charge is 0.381 e. The van der Waals surface area contributed by atoms with Crippen LogP contribution in [0.1, 0.15) is 55.2 Å². The molecule has 1 heterocycles. The molecule has 2 N–H and O–H groups in total. The number of methoxy groups -OCH3 is 1. The standard InChI is InChI=1S/C17H25NO2/c1-19-17(9-11-20-12-10-17)16(18)15-7-5-14(6-8-15)13-3-2-4-13/h5-8,13,16H,2-4,9-12,18H2,1H3. The highest BCUT2D eigenvalue weighted by Crippen LogP contribution is 2.39. The average molecular weight is 275 g/mol.